The van der Waals surface area contributed by atoms with E-state index in [1.54, 1.807) is 18.5 Å². The molecule has 0 bridgehead atoms. The number of aliphatic hydroxyl groups excluding tert-OH is 3. The van der Waals surface area contributed by atoms with E-state index in [0.717, 1.165) is 20.8 Å². The largest absolute Gasteiger partial charge is 0.396 e. The monoisotopic (exact) mass is 560 g/mol. The SMILES string of the molecule is Cc1nc(NCCc2ccc(Cl)c(Cl)c2)nc(N[C@@H]2C[C@H](CO)[C@@H](O)[C@H]2O)c1-c1nc2cnccc2s1. The van der Waals surface area contributed by atoms with Gasteiger partial charge in [0.05, 0.1) is 44.3 Å². The Morgan fingerprint density at radius 1 is 1.08 bits per heavy atom. The summed E-state index contributed by atoms with van der Waals surface area (Å²) in [6.45, 7) is 2.23. The molecule has 5 rings (SSSR count). The van der Waals surface area contributed by atoms with Gasteiger partial charge in [-0.3, -0.25) is 4.98 Å². The molecular weight excluding hydrogens is 535 g/mol. The molecule has 0 aliphatic heterocycles. The van der Waals surface area contributed by atoms with E-state index in [1.165, 1.54) is 11.3 Å². The summed E-state index contributed by atoms with van der Waals surface area (Å²) in [6.07, 6.45) is 2.43. The van der Waals surface area contributed by atoms with Crippen LogP contribution in [0.4, 0.5) is 11.8 Å². The molecule has 0 unspecified atom stereocenters. The highest BCUT2D eigenvalue weighted by atomic mass is 35.5. The fraction of sp³-hybridized carbons (Fsp3) is 0.360. The third-order valence-corrected chi connectivity index (χ3v) is 8.33. The molecule has 3 heterocycles. The number of thiazole rings is 1. The minimum absolute atomic E-state index is 0.210. The van der Waals surface area contributed by atoms with Gasteiger partial charge in [-0.2, -0.15) is 4.98 Å². The number of hydrogen-bond donors (Lipinski definition) is 5. The standard InChI is InChI=1S/C25H26Cl2N6O3S/c1-12-20(24-32-18-10-28-6-5-19(18)37-24)23(31-17-9-14(11-34)21(35)22(17)36)33-25(30-12)29-7-4-13-2-3-15(26)16(27)8-13/h2-3,5-6,8,10,14,17,21-22,34-36H,4,7,9,11H2,1H3,(H2,29,30,31,33)/t14-,17-,21-,22+/m1/s1. The van der Waals surface area contributed by atoms with Crippen LogP contribution in [0.2, 0.25) is 10.0 Å². The van der Waals surface area contributed by atoms with Crippen molar-refractivity contribution in [1.29, 1.82) is 0 Å². The number of benzene rings is 1. The normalized spacial score (nSPS) is 21.5. The molecular formula is C25H26Cl2N6O3S. The Hall–Kier alpha value is -2.60. The molecule has 3 aromatic heterocycles. The Labute approximate surface area is 227 Å². The predicted molar refractivity (Wildman–Crippen MR) is 146 cm³/mol. The highest BCUT2D eigenvalue weighted by Gasteiger charge is 2.41. The molecule has 0 amide bonds. The first-order valence-corrected chi connectivity index (χ1v) is 13.4. The lowest BCUT2D eigenvalue weighted by molar-refractivity contribution is 0.00446. The highest BCUT2D eigenvalue weighted by molar-refractivity contribution is 7.21. The maximum Gasteiger partial charge on any atom is 0.224 e. The Kier molecular flexibility index (Phi) is 7.75. The number of hydrogen-bond acceptors (Lipinski definition) is 10. The summed E-state index contributed by atoms with van der Waals surface area (Å²) in [5, 5.41) is 38.9. The molecule has 1 saturated carbocycles. The molecule has 194 valence electrons. The van der Waals surface area contributed by atoms with Crippen molar-refractivity contribution in [2.45, 2.75) is 38.0 Å². The van der Waals surface area contributed by atoms with E-state index in [0.29, 0.717) is 52.5 Å². The van der Waals surface area contributed by atoms with Crippen molar-refractivity contribution in [2.75, 3.05) is 23.8 Å². The maximum absolute atomic E-state index is 10.6. The van der Waals surface area contributed by atoms with Crippen LogP contribution in [-0.4, -0.2) is 66.7 Å². The Morgan fingerprint density at radius 3 is 2.65 bits per heavy atom. The lowest BCUT2D eigenvalue weighted by atomic mass is 10.1. The third kappa shape index (κ3) is 5.50. The second-order valence-electron chi connectivity index (χ2n) is 9.05. The van der Waals surface area contributed by atoms with Gasteiger partial charge in [-0.25, -0.2) is 9.97 Å². The molecule has 12 heteroatoms. The number of aryl methyl sites for hydroxylation is 1. The first kappa shape index (κ1) is 26.0. The van der Waals surface area contributed by atoms with Crippen LogP contribution in [0.3, 0.4) is 0 Å². The number of nitrogens with zero attached hydrogens (tertiary/aromatic N) is 4. The number of aliphatic hydroxyl groups is 3. The number of nitrogens with one attached hydrogen (secondary N) is 2. The number of aromatic nitrogens is 4. The summed E-state index contributed by atoms with van der Waals surface area (Å²) in [5.74, 6) is 0.487. The van der Waals surface area contributed by atoms with Gasteiger partial charge in [-0.1, -0.05) is 29.3 Å². The number of anilines is 2. The van der Waals surface area contributed by atoms with Gasteiger partial charge in [0.25, 0.3) is 0 Å². The summed E-state index contributed by atoms with van der Waals surface area (Å²) in [6, 6.07) is 6.93. The lowest BCUT2D eigenvalue weighted by Crippen LogP contribution is -2.35. The summed E-state index contributed by atoms with van der Waals surface area (Å²) in [4.78, 5) is 18.3. The first-order chi connectivity index (χ1) is 17.8. The smallest absolute Gasteiger partial charge is 0.224 e. The van der Waals surface area contributed by atoms with E-state index >= 15 is 0 Å². The molecule has 1 aliphatic rings. The highest BCUT2D eigenvalue weighted by Crippen LogP contribution is 2.38. The van der Waals surface area contributed by atoms with Crippen LogP contribution in [0.15, 0.2) is 36.7 Å². The minimum atomic E-state index is -1.05. The summed E-state index contributed by atoms with van der Waals surface area (Å²) in [5.41, 5.74) is 3.21. The summed E-state index contributed by atoms with van der Waals surface area (Å²) >= 11 is 13.6. The zero-order valence-corrected chi connectivity index (χ0v) is 22.2. The van der Waals surface area contributed by atoms with Gasteiger partial charge >= 0.3 is 0 Å². The number of fused-ring (bicyclic) bond motifs is 1. The molecule has 1 fully saturated rings. The molecule has 5 N–H and O–H groups in total. The van der Waals surface area contributed by atoms with E-state index in [-0.39, 0.29) is 6.61 Å². The fourth-order valence-electron chi connectivity index (χ4n) is 4.54. The maximum atomic E-state index is 10.6. The summed E-state index contributed by atoms with van der Waals surface area (Å²) < 4.78 is 0.982. The van der Waals surface area contributed by atoms with Gasteiger partial charge in [0.2, 0.25) is 5.95 Å². The quantitative estimate of drug-likeness (QED) is 0.217. The molecule has 0 spiro atoms. The van der Waals surface area contributed by atoms with Crippen LogP contribution in [0.25, 0.3) is 20.8 Å². The molecule has 1 aromatic carbocycles. The Balaban J connectivity index is 1.44. The van der Waals surface area contributed by atoms with Crippen LogP contribution in [-0.2, 0) is 6.42 Å². The van der Waals surface area contributed by atoms with Crippen LogP contribution >= 0.6 is 34.5 Å². The molecule has 4 atom stereocenters. The first-order valence-electron chi connectivity index (χ1n) is 11.8. The number of pyridine rings is 1. The average molecular weight is 561 g/mol. The molecule has 4 aromatic rings. The minimum Gasteiger partial charge on any atom is -0.396 e. The predicted octanol–water partition coefficient (Wildman–Crippen LogP) is 3.93. The van der Waals surface area contributed by atoms with E-state index in [1.807, 2.05) is 25.1 Å². The van der Waals surface area contributed by atoms with Gasteiger partial charge in [0.15, 0.2) is 0 Å². The number of halogens is 2. The second-order valence-corrected chi connectivity index (χ2v) is 10.9. The van der Waals surface area contributed by atoms with Gasteiger partial charge in [0.1, 0.15) is 22.4 Å². The van der Waals surface area contributed by atoms with Crippen molar-refractivity contribution < 1.29 is 15.3 Å². The van der Waals surface area contributed by atoms with E-state index < -0.39 is 24.2 Å². The van der Waals surface area contributed by atoms with Crippen molar-refractivity contribution in [1.82, 2.24) is 19.9 Å². The zero-order valence-electron chi connectivity index (χ0n) is 19.9. The molecule has 0 saturated heterocycles. The lowest BCUT2D eigenvalue weighted by Gasteiger charge is -2.21. The average Bonchev–Trinajstić information content (AvgIpc) is 3.42. The van der Waals surface area contributed by atoms with Crippen molar-refractivity contribution in [3.63, 3.8) is 0 Å². The van der Waals surface area contributed by atoms with Crippen LogP contribution in [0.1, 0.15) is 17.7 Å². The Morgan fingerprint density at radius 2 is 1.92 bits per heavy atom. The van der Waals surface area contributed by atoms with Crippen molar-refractivity contribution in [3.8, 4) is 10.6 Å². The Bertz CT molecular complexity index is 1390. The molecule has 9 nitrogen and oxygen atoms in total. The van der Waals surface area contributed by atoms with Gasteiger partial charge < -0.3 is 26.0 Å². The van der Waals surface area contributed by atoms with Gasteiger partial charge in [-0.15, -0.1) is 11.3 Å². The van der Waals surface area contributed by atoms with Crippen molar-refractivity contribution in [3.05, 3.63) is 58.0 Å². The summed E-state index contributed by atoms with van der Waals surface area (Å²) in [7, 11) is 0. The van der Waals surface area contributed by atoms with E-state index in [9.17, 15) is 15.3 Å². The fourth-order valence-corrected chi connectivity index (χ4v) is 5.89. The molecule has 0 radical (unpaired) electrons. The topological polar surface area (TPSA) is 136 Å². The molecule has 1 aliphatic carbocycles. The van der Waals surface area contributed by atoms with Crippen molar-refractivity contribution in [2.24, 2.45) is 5.92 Å². The van der Waals surface area contributed by atoms with Crippen LogP contribution in [0, 0.1) is 12.8 Å². The molecule has 37 heavy (non-hydrogen) atoms. The van der Waals surface area contributed by atoms with Gasteiger partial charge in [-0.05, 0) is 43.5 Å². The third-order valence-electron chi connectivity index (χ3n) is 6.53. The number of rotatable bonds is 8. The van der Waals surface area contributed by atoms with Crippen molar-refractivity contribution >= 4 is 56.5 Å². The van der Waals surface area contributed by atoms with Crippen LogP contribution < -0.4 is 10.6 Å². The van der Waals surface area contributed by atoms with E-state index in [4.69, 9.17) is 33.2 Å². The zero-order chi connectivity index (χ0) is 26.1. The second kappa shape index (κ2) is 11.0. The van der Waals surface area contributed by atoms with Gasteiger partial charge in [0, 0.05) is 25.3 Å². The van der Waals surface area contributed by atoms with Crippen LogP contribution in [0.5, 0.6) is 0 Å². The van der Waals surface area contributed by atoms with E-state index in [2.05, 4.69) is 20.6 Å².